The number of rotatable bonds is 6. The van der Waals surface area contributed by atoms with E-state index in [1.807, 2.05) is 0 Å². The summed E-state index contributed by atoms with van der Waals surface area (Å²) in [6.07, 6.45) is 0.875. The zero-order valence-corrected chi connectivity index (χ0v) is 16.6. The second-order valence-electron chi connectivity index (χ2n) is 7.41. The molecule has 29 heavy (non-hydrogen) atoms. The molecule has 0 amide bonds. The smallest absolute Gasteiger partial charge is 0.199 e. The van der Waals surface area contributed by atoms with Crippen molar-refractivity contribution in [3.8, 4) is 0 Å². The number of benzene rings is 3. The van der Waals surface area contributed by atoms with Gasteiger partial charge in [-0.2, -0.15) is 0 Å². The van der Waals surface area contributed by atoms with Crippen molar-refractivity contribution in [1.82, 2.24) is 0 Å². The Bertz CT molecular complexity index is 1100. The van der Waals surface area contributed by atoms with Gasteiger partial charge in [0.2, 0.25) is 0 Å². The molecule has 1 N–H and O–H groups in total. The van der Waals surface area contributed by atoms with Crippen LogP contribution in [0.3, 0.4) is 0 Å². The lowest BCUT2D eigenvalue weighted by atomic mass is 9.66. The molecule has 5 heteroatoms. The zero-order chi connectivity index (χ0) is 20.5. The van der Waals surface area contributed by atoms with Gasteiger partial charge in [0, 0.05) is 11.5 Å². The van der Waals surface area contributed by atoms with Crippen molar-refractivity contribution in [3.05, 3.63) is 102 Å². The van der Waals surface area contributed by atoms with Gasteiger partial charge in [-0.3, -0.25) is 4.79 Å². The fourth-order valence-electron chi connectivity index (χ4n) is 4.12. The highest BCUT2D eigenvalue weighted by Gasteiger charge is 2.56. The molecule has 1 aliphatic rings. The quantitative estimate of drug-likeness (QED) is 0.628. The van der Waals surface area contributed by atoms with Crippen molar-refractivity contribution >= 4 is 15.6 Å². The van der Waals surface area contributed by atoms with Gasteiger partial charge in [-0.1, -0.05) is 78.9 Å². The number of hydrogen-bond acceptors (Lipinski definition) is 4. The van der Waals surface area contributed by atoms with E-state index in [-0.39, 0.29) is 4.90 Å². The maximum atomic E-state index is 13.5. The van der Waals surface area contributed by atoms with Gasteiger partial charge in [0.15, 0.2) is 21.2 Å². The summed E-state index contributed by atoms with van der Waals surface area (Å²) in [6, 6.07) is 25.5. The molecule has 0 aliphatic heterocycles. The van der Waals surface area contributed by atoms with Crippen LogP contribution in [0.15, 0.2) is 95.9 Å². The second kappa shape index (κ2) is 7.58. The van der Waals surface area contributed by atoms with Crippen LogP contribution in [0, 0.1) is 5.92 Å². The second-order valence-corrected chi connectivity index (χ2v) is 9.57. The van der Waals surface area contributed by atoms with Crippen LogP contribution in [-0.4, -0.2) is 24.6 Å². The minimum Gasteiger partial charge on any atom is -0.377 e. The minimum absolute atomic E-state index is 0.220. The summed E-state index contributed by atoms with van der Waals surface area (Å²) in [5, 5.41) is 11.0. The average molecular weight is 407 g/mol. The van der Waals surface area contributed by atoms with Gasteiger partial charge in [-0.15, -0.1) is 0 Å². The lowest BCUT2D eigenvalue weighted by Crippen LogP contribution is -2.55. The van der Waals surface area contributed by atoms with Crippen molar-refractivity contribution in [2.24, 2.45) is 5.92 Å². The summed E-state index contributed by atoms with van der Waals surface area (Å²) in [5.74, 6) is -1.19. The van der Waals surface area contributed by atoms with Crippen LogP contribution in [0.2, 0.25) is 0 Å². The van der Waals surface area contributed by atoms with Crippen molar-refractivity contribution in [2.75, 3.05) is 0 Å². The predicted octanol–water partition coefficient (Wildman–Crippen LogP) is 4.01. The molecule has 3 aromatic rings. The number of sulfone groups is 1. The topological polar surface area (TPSA) is 71.4 Å². The molecule has 0 radical (unpaired) electrons. The molecule has 3 aromatic carbocycles. The summed E-state index contributed by atoms with van der Waals surface area (Å²) >= 11 is 0. The number of carbonyl (C=O) groups excluding carboxylic acids is 1. The van der Waals surface area contributed by atoms with E-state index in [4.69, 9.17) is 0 Å². The third-order valence-electron chi connectivity index (χ3n) is 5.81. The van der Waals surface area contributed by atoms with Crippen LogP contribution in [0.4, 0.5) is 0 Å². The molecule has 0 aromatic heterocycles. The van der Waals surface area contributed by atoms with Crippen molar-refractivity contribution in [1.29, 1.82) is 0 Å². The molecule has 0 heterocycles. The first-order chi connectivity index (χ1) is 14.0. The molecule has 0 spiro atoms. The minimum atomic E-state index is -3.67. The highest BCUT2D eigenvalue weighted by molar-refractivity contribution is 7.92. The first kappa shape index (κ1) is 19.6. The summed E-state index contributed by atoms with van der Waals surface area (Å²) in [7, 11) is -3.67. The molecule has 4 nitrogen and oxygen atoms in total. The molecule has 3 atom stereocenters. The SMILES string of the molecule is O=C(c1ccccc1)C(O)(c1ccccc1)C1CCC1S(=O)(=O)c1ccccc1. The third-order valence-corrected chi connectivity index (χ3v) is 8.10. The van der Waals surface area contributed by atoms with E-state index in [1.54, 1.807) is 91.0 Å². The van der Waals surface area contributed by atoms with Crippen LogP contribution in [0.25, 0.3) is 0 Å². The first-order valence-electron chi connectivity index (χ1n) is 9.62. The lowest BCUT2D eigenvalue weighted by molar-refractivity contribution is -0.0299. The molecule has 3 unspecified atom stereocenters. The van der Waals surface area contributed by atoms with Crippen LogP contribution in [0.1, 0.15) is 28.8 Å². The summed E-state index contributed by atoms with van der Waals surface area (Å²) < 4.78 is 26.5. The Kier molecular flexibility index (Phi) is 5.11. The van der Waals surface area contributed by atoms with Crippen LogP contribution in [-0.2, 0) is 15.4 Å². The molecule has 148 valence electrons. The molecule has 1 fully saturated rings. The van der Waals surface area contributed by atoms with Crippen molar-refractivity contribution < 1.29 is 18.3 Å². The number of Topliss-reactive ketones (excluding diaryl/α,β-unsaturated/α-hetero) is 1. The normalized spacial score (nSPS) is 21.0. The summed E-state index contributed by atoms with van der Waals surface area (Å²) in [4.78, 5) is 13.7. The summed E-state index contributed by atoms with van der Waals surface area (Å²) in [5.41, 5.74) is -1.12. The van der Waals surface area contributed by atoms with Gasteiger partial charge in [-0.05, 0) is 30.5 Å². The Morgan fingerprint density at radius 2 is 1.31 bits per heavy atom. The van der Waals surface area contributed by atoms with Crippen molar-refractivity contribution in [2.45, 2.75) is 28.6 Å². The fraction of sp³-hybridized carbons (Fsp3) is 0.208. The molecule has 0 bridgehead atoms. The van der Waals surface area contributed by atoms with Crippen molar-refractivity contribution in [3.63, 3.8) is 0 Å². The van der Waals surface area contributed by atoms with E-state index in [9.17, 15) is 18.3 Å². The van der Waals surface area contributed by atoms with E-state index in [2.05, 4.69) is 0 Å². The summed E-state index contributed by atoms with van der Waals surface area (Å²) in [6.45, 7) is 0. The Hall–Kier alpha value is -2.76. The van der Waals surface area contributed by atoms with E-state index in [0.29, 0.717) is 24.0 Å². The highest BCUT2D eigenvalue weighted by Crippen LogP contribution is 2.48. The largest absolute Gasteiger partial charge is 0.377 e. The van der Waals surface area contributed by atoms with Gasteiger partial charge in [-0.25, -0.2) is 8.42 Å². The molecule has 0 saturated heterocycles. The third kappa shape index (κ3) is 3.30. The molecule has 1 aliphatic carbocycles. The molecule has 1 saturated carbocycles. The number of ketones is 1. The molecular formula is C24H22O4S. The average Bonchev–Trinajstić information content (AvgIpc) is 2.74. The predicted molar refractivity (Wildman–Crippen MR) is 111 cm³/mol. The Morgan fingerprint density at radius 3 is 1.83 bits per heavy atom. The lowest BCUT2D eigenvalue weighted by Gasteiger charge is -2.46. The Morgan fingerprint density at radius 1 is 0.793 bits per heavy atom. The van der Waals surface area contributed by atoms with Gasteiger partial charge >= 0.3 is 0 Å². The Balaban J connectivity index is 1.80. The van der Waals surface area contributed by atoms with Crippen LogP contribution in [0.5, 0.6) is 0 Å². The number of hydrogen-bond donors (Lipinski definition) is 1. The van der Waals surface area contributed by atoms with E-state index in [0.717, 1.165) is 0 Å². The van der Waals surface area contributed by atoms with Crippen LogP contribution >= 0.6 is 0 Å². The maximum Gasteiger partial charge on any atom is 0.199 e. The fourth-order valence-corrected chi connectivity index (χ4v) is 6.22. The number of carbonyl (C=O) groups is 1. The van der Waals surface area contributed by atoms with Crippen LogP contribution < -0.4 is 0 Å². The van der Waals surface area contributed by atoms with E-state index in [1.165, 1.54) is 0 Å². The van der Waals surface area contributed by atoms with Gasteiger partial charge < -0.3 is 5.11 Å². The maximum absolute atomic E-state index is 13.5. The first-order valence-corrected chi connectivity index (χ1v) is 11.2. The molecule has 4 rings (SSSR count). The highest BCUT2D eigenvalue weighted by atomic mass is 32.2. The number of aliphatic hydroxyl groups is 1. The molecular weight excluding hydrogens is 384 g/mol. The van der Waals surface area contributed by atoms with Gasteiger partial charge in [0.05, 0.1) is 10.1 Å². The van der Waals surface area contributed by atoms with Gasteiger partial charge in [0.25, 0.3) is 0 Å². The van der Waals surface area contributed by atoms with E-state index < -0.39 is 32.4 Å². The zero-order valence-electron chi connectivity index (χ0n) is 15.8. The monoisotopic (exact) mass is 406 g/mol. The standard InChI is InChI=1S/C24H22O4S/c25-23(18-10-4-1-5-11-18)24(26,19-12-6-2-7-13-19)21-16-17-22(21)29(27,28)20-14-8-3-9-15-20/h1-15,21-22,26H,16-17H2. The van der Waals surface area contributed by atoms with Gasteiger partial charge in [0.1, 0.15) is 0 Å². The Labute approximate surface area is 170 Å². The van der Waals surface area contributed by atoms with E-state index >= 15 is 0 Å².